The number of nitrogens with two attached hydrogens (primary N) is 1. The second kappa shape index (κ2) is 3.79. The Kier molecular flexibility index (Phi) is 2.66. The summed E-state index contributed by atoms with van der Waals surface area (Å²) in [4.78, 5) is 2.28. The first-order valence-electron chi connectivity index (χ1n) is 4.97. The fourth-order valence-corrected chi connectivity index (χ4v) is 2.44. The van der Waals surface area contributed by atoms with E-state index in [-0.39, 0.29) is 0 Å². The summed E-state index contributed by atoms with van der Waals surface area (Å²) in [6.07, 6.45) is 0. The molecule has 0 spiro atoms. The molecule has 1 unspecified atom stereocenters. The summed E-state index contributed by atoms with van der Waals surface area (Å²) < 4.78 is 0. The van der Waals surface area contributed by atoms with Crippen molar-refractivity contribution in [3.05, 3.63) is 28.8 Å². The van der Waals surface area contributed by atoms with Crippen molar-refractivity contribution in [1.82, 2.24) is 0 Å². The maximum absolute atomic E-state index is 6.18. The first-order valence-corrected chi connectivity index (χ1v) is 5.35. The third-order valence-corrected chi connectivity index (χ3v) is 3.06. The number of fused-ring (bicyclic) bond motifs is 1. The molecule has 1 aromatic carbocycles. The standard InChI is InChI=1S/C11H15ClN2/c1-8-7-14(6-5-13)11-9(8)3-2-4-10(11)12/h2-4,8H,5-7,13H2,1H3. The van der Waals surface area contributed by atoms with Crippen LogP contribution in [0.15, 0.2) is 18.2 Å². The van der Waals surface area contributed by atoms with Gasteiger partial charge in [0.15, 0.2) is 0 Å². The lowest BCUT2D eigenvalue weighted by Gasteiger charge is -2.19. The molecule has 0 aliphatic carbocycles. The number of rotatable bonds is 2. The molecule has 0 saturated carbocycles. The molecule has 3 heteroatoms. The maximum Gasteiger partial charge on any atom is 0.0642 e. The average Bonchev–Trinajstić information content (AvgIpc) is 2.46. The highest BCUT2D eigenvalue weighted by atomic mass is 35.5. The van der Waals surface area contributed by atoms with E-state index in [4.69, 9.17) is 17.3 Å². The van der Waals surface area contributed by atoms with Crippen molar-refractivity contribution >= 4 is 17.3 Å². The van der Waals surface area contributed by atoms with Crippen LogP contribution < -0.4 is 10.6 Å². The minimum atomic E-state index is 0.565. The van der Waals surface area contributed by atoms with Crippen molar-refractivity contribution in [2.24, 2.45) is 5.73 Å². The number of anilines is 1. The molecule has 1 atom stereocenters. The van der Waals surface area contributed by atoms with Gasteiger partial charge >= 0.3 is 0 Å². The van der Waals surface area contributed by atoms with Crippen LogP contribution in [0, 0.1) is 0 Å². The van der Waals surface area contributed by atoms with Gasteiger partial charge in [-0.1, -0.05) is 30.7 Å². The van der Waals surface area contributed by atoms with Crippen molar-refractivity contribution in [2.45, 2.75) is 12.8 Å². The molecule has 2 N–H and O–H groups in total. The van der Waals surface area contributed by atoms with E-state index in [9.17, 15) is 0 Å². The van der Waals surface area contributed by atoms with Gasteiger partial charge in [0.1, 0.15) is 0 Å². The first-order chi connectivity index (χ1) is 6.74. The molecule has 1 aromatic rings. The molecule has 76 valence electrons. The van der Waals surface area contributed by atoms with Gasteiger partial charge in [0.25, 0.3) is 0 Å². The van der Waals surface area contributed by atoms with Crippen molar-refractivity contribution < 1.29 is 0 Å². The summed E-state index contributed by atoms with van der Waals surface area (Å²) in [5.41, 5.74) is 8.12. The van der Waals surface area contributed by atoms with Crippen LogP contribution in [-0.2, 0) is 0 Å². The zero-order chi connectivity index (χ0) is 10.1. The predicted molar refractivity (Wildman–Crippen MR) is 61.1 cm³/mol. The molecule has 1 aliphatic heterocycles. The normalized spacial score (nSPS) is 19.9. The predicted octanol–water partition coefficient (Wildman–Crippen LogP) is 2.22. The number of nitrogens with zero attached hydrogens (tertiary/aromatic N) is 1. The SMILES string of the molecule is CC1CN(CCN)c2c(Cl)cccc21. The molecule has 2 nitrogen and oxygen atoms in total. The molecule has 0 radical (unpaired) electrons. The van der Waals surface area contributed by atoms with Gasteiger partial charge in [-0.05, 0) is 11.6 Å². The van der Waals surface area contributed by atoms with Crippen LogP contribution in [-0.4, -0.2) is 19.6 Å². The molecular formula is C11H15ClN2. The van der Waals surface area contributed by atoms with Crippen LogP contribution in [0.5, 0.6) is 0 Å². The summed E-state index contributed by atoms with van der Waals surface area (Å²) in [5, 5.41) is 0.848. The monoisotopic (exact) mass is 210 g/mol. The van der Waals surface area contributed by atoms with Gasteiger partial charge in [0, 0.05) is 25.6 Å². The lowest BCUT2D eigenvalue weighted by atomic mass is 10.0. The molecular weight excluding hydrogens is 196 g/mol. The minimum Gasteiger partial charge on any atom is -0.368 e. The molecule has 0 bridgehead atoms. The lowest BCUT2D eigenvalue weighted by Crippen LogP contribution is -2.28. The summed E-state index contributed by atoms with van der Waals surface area (Å²) in [6, 6.07) is 6.12. The quantitative estimate of drug-likeness (QED) is 0.811. The zero-order valence-corrected chi connectivity index (χ0v) is 9.09. The molecule has 14 heavy (non-hydrogen) atoms. The Labute approximate surface area is 89.7 Å². The number of para-hydroxylation sites is 1. The Hall–Kier alpha value is -0.730. The summed E-state index contributed by atoms with van der Waals surface area (Å²) in [6.45, 7) is 4.83. The van der Waals surface area contributed by atoms with E-state index < -0.39 is 0 Å². The number of hydrogen-bond acceptors (Lipinski definition) is 2. The van der Waals surface area contributed by atoms with Crippen molar-refractivity contribution in [2.75, 3.05) is 24.5 Å². The number of benzene rings is 1. The molecule has 0 aromatic heterocycles. The molecule has 0 amide bonds. The summed E-state index contributed by atoms with van der Waals surface area (Å²) >= 11 is 6.18. The molecule has 0 fully saturated rings. The largest absolute Gasteiger partial charge is 0.368 e. The van der Waals surface area contributed by atoms with E-state index in [1.54, 1.807) is 0 Å². The Morgan fingerprint density at radius 1 is 1.57 bits per heavy atom. The Morgan fingerprint density at radius 2 is 2.36 bits per heavy atom. The van der Waals surface area contributed by atoms with Gasteiger partial charge in [-0.2, -0.15) is 0 Å². The first kappa shape index (κ1) is 9.81. The summed E-state index contributed by atoms with van der Waals surface area (Å²) in [5.74, 6) is 0.565. The molecule has 1 aliphatic rings. The van der Waals surface area contributed by atoms with Gasteiger partial charge in [-0.15, -0.1) is 0 Å². The molecule has 1 heterocycles. The Bertz CT molecular complexity index is 338. The van der Waals surface area contributed by atoms with Crippen LogP contribution >= 0.6 is 11.6 Å². The smallest absolute Gasteiger partial charge is 0.0642 e. The van der Waals surface area contributed by atoms with E-state index in [0.29, 0.717) is 12.5 Å². The Morgan fingerprint density at radius 3 is 3.07 bits per heavy atom. The van der Waals surface area contributed by atoms with Gasteiger partial charge in [-0.25, -0.2) is 0 Å². The minimum absolute atomic E-state index is 0.565. The zero-order valence-electron chi connectivity index (χ0n) is 8.33. The fourth-order valence-electron chi connectivity index (χ4n) is 2.14. The highest BCUT2D eigenvalue weighted by Crippen LogP contribution is 2.40. The van der Waals surface area contributed by atoms with Crippen molar-refractivity contribution in [3.63, 3.8) is 0 Å². The van der Waals surface area contributed by atoms with Crippen LogP contribution in [0.4, 0.5) is 5.69 Å². The highest BCUT2D eigenvalue weighted by Gasteiger charge is 2.26. The van der Waals surface area contributed by atoms with Gasteiger partial charge in [-0.3, -0.25) is 0 Å². The van der Waals surface area contributed by atoms with E-state index in [1.165, 1.54) is 11.3 Å². The van der Waals surface area contributed by atoms with Crippen molar-refractivity contribution in [1.29, 1.82) is 0 Å². The number of hydrogen-bond donors (Lipinski definition) is 1. The van der Waals surface area contributed by atoms with E-state index in [0.717, 1.165) is 18.1 Å². The lowest BCUT2D eigenvalue weighted by molar-refractivity contribution is 0.744. The van der Waals surface area contributed by atoms with E-state index in [1.807, 2.05) is 12.1 Å². The Balaban J connectivity index is 2.40. The number of halogens is 1. The van der Waals surface area contributed by atoms with Gasteiger partial charge in [0.05, 0.1) is 10.7 Å². The van der Waals surface area contributed by atoms with E-state index >= 15 is 0 Å². The highest BCUT2D eigenvalue weighted by molar-refractivity contribution is 6.33. The average molecular weight is 211 g/mol. The van der Waals surface area contributed by atoms with Gasteiger partial charge in [0.2, 0.25) is 0 Å². The van der Waals surface area contributed by atoms with Crippen molar-refractivity contribution in [3.8, 4) is 0 Å². The maximum atomic E-state index is 6.18. The van der Waals surface area contributed by atoms with E-state index in [2.05, 4.69) is 17.9 Å². The molecule has 2 rings (SSSR count). The van der Waals surface area contributed by atoms with Crippen LogP contribution in [0.25, 0.3) is 0 Å². The third kappa shape index (κ3) is 1.49. The van der Waals surface area contributed by atoms with Gasteiger partial charge < -0.3 is 10.6 Å². The second-order valence-corrected chi connectivity index (χ2v) is 4.22. The second-order valence-electron chi connectivity index (χ2n) is 3.81. The fraction of sp³-hybridized carbons (Fsp3) is 0.455. The molecule has 0 saturated heterocycles. The van der Waals surface area contributed by atoms with Crippen LogP contribution in [0.1, 0.15) is 18.4 Å². The summed E-state index contributed by atoms with van der Waals surface area (Å²) in [7, 11) is 0. The van der Waals surface area contributed by atoms with Crippen LogP contribution in [0.2, 0.25) is 5.02 Å². The van der Waals surface area contributed by atoms with Crippen LogP contribution in [0.3, 0.4) is 0 Å². The topological polar surface area (TPSA) is 29.3 Å². The third-order valence-electron chi connectivity index (χ3n) is 2.76.